The summed E-state index contributed by atoms with van der Waals surface area (Å²) in [6.45, 7) is 6.99. The Kier molecular flexibility index (Phi) is 2.78. The predicted octanol–water partition coefficient (Wildman–Crippen LogP) is 2.90. The first-order valence-electron chi connectivity index (χ1n) is 5.77. The van der Waals surface area contributed by atoms with Crippen LogP contribution < -0.4 is 5.32 Å². The maximum atomic E-state index is 3.48. The van der Waals surface area contributed by atoms with Crippen LogP contribution in [0.25, 0.3) is 0 Å². The summed E-state index contributed by atoms with van der Waals surface area (Å²) in [7, 11) is 0. The van der Waals surface area contributed by atoms with Gasteiger partial charge in [-0.2, -0.15) is 0 Å². The van der Waals surface area contributed by atoms with E-state index in [1.165, 1.54) is 32.4 Å². The van der Waals surface area contributed by atoms with Crippen LogP contribution in [0.4, 0.5) is 0 Å². The lowest BCUT2D eigenvalue weighted by Gasteiger charge is -2.29. The minimum atomic E-state index is 0.381. The second-order valence-corrected chi connectivity index (χ2v) is 5.27. The Morgan fingerprint density at radius 3 is 2.86 bits per heavy atom. The molecule has 1 heteroatoms. The Hall–Kier alpha value is -0.560. The fraction of sp³-hybridized carbons (Fsp3) is 0.692. The van der Waals surface area contributed by atoms with Gasteiger partial charge in [-0.05, 0) is 42.7 Å². The van der Waals surface area contributed by atoms with E-state index in [0.29, 0.717) is 5.41 Å². The number of piperidine rings is 1. The van der Waals surface area contributed by atoms with E-state index < -0.39 is 0 Å². The first-order chi connectivity index (χ1) is 6.67. The molecule has 14 heavy (non-hydrogen) atoms. The van der Waals surface area contributed by atoms with E-state index >= 15 is 0 Å². The zero-order chi connectivity index (χ0) is 10.0. The summed E-state index contributed by atoms with van der Waals surface area (Å²) in [5, 5.41) is 3.48. The molecular weight excluding hydrogens is 170 g/mol. The largest absolute Gasteiger partial charge is 0.316 e. The molecule has 78 valence electrons. The number of hydrogen-bond donors (Lipinski definition) is 1. The first kappa shape index (κ1) is 9.97. The smallest absolute Gasteiger partial charge is 0.00200 e. The molecule has 1 aliphatic carbocycles. The lowest BCUT2D eigenvalue weighted by molar-refractivity contribution is 0.415. The van der Waals surface area contributed by atoms with E-state index in [-0.39, 0.29) is 0 Å². The van der Waals surface area contributed by atoms with Crippen molar-refractivity contribution in [3.63, 3.8) is 0 Å². The second kappa shape index (κ2) is 3.90. The van der Waals surface area contributed by atoms with Crippen molar-refractivity contribution in [3.8, 4) is 0 Å². The number of rotatable bonds is 1. The normalized spacial score (nSPS) is 31.3. The van der Waals surface area contributed by atoms with E-state index in [4.69, 9.17) is 0 Å². The third kappa shape index (κ3) is 2.27. The van der Waals surface area contributed by atoms with Gasteiger partial charge in [0, 0.05) is 6.54 Å². The van der Waals surface area contributed by atoms with Gasteiger partial charge in [0.05, 0.1) is 0 Å². The van der Waals surface area contributed by atoms with Gasteiger partial charge < -0.3 is 5.32 Å². The standard InChI is InChI=1S/C13H21N/c1-13(2)7-5-11(6-8-13)12-4-3-9-14-10-12/h5-7,12,14H,3-4,8-10H2,1-2H3. The van der Waals surface area contributed by atoms with Crippen LogP contribution in [0.2, 0.25) is 0 Å². The molecule has 1 fully saturated rings. The van der Waals surface area contributed by atoms with Gasteiger partial charge in [0.15, 0.2) is 0 Å². The first-order valence-corrected chi connectivity index (χ1v) is 5.77. The van der Waals surface area contributed by atoms with Crippen molar-refractivity contribution >= 4 is 0 Å². The molecule has 0 saturated carbocycles. The quantitative estimate of drug-likeness (QED) is 0.672. The van der Waals surface area contributed by atoms with Crippen LogP contribution >= 0.6 is 0 Å². The molecule has 0 bridgehead atoms. The zero-order valence-electron chi connectivity index (χ0n) is 9.34. The third-order valence-electron chi connectivity index (χ3n) is 3.36. The maximum absolute atomic E-state index is 3.48. The van der Waals surface area contributed by atoms with Crippen LogP contribution in [-0.4, -0.2) is 13.1 Å². The van der Waals surface area contributed by atoms with E-state index in [1.807, 2.05) is 0 Å². The van der Waals surface area contributed by atoms with E-state index in [2.05, 4.69) is 37.4 Å². The Bertz CT molecular complexity index is 254. The minimum Gasteiger partial charge on any atom is -0.316 e. The lowest BCUT2D eigenvalue weighted by Crippen LogP contribution is -2.31. The van der Waals surface area contributed by atoms with Crippen molar-refractivity contribution in [2.24, 2.45) is 11.3 Å². The Morgan fingerprint density at radius 1 is 1.43 bits per heavy atom. The van der Waals surface area contributed by atoms with Crippen molar-refractivity contribution in [2.75, 3.05) is 13.1 Å². The van der Waals surface area contributed by atoms with Crippen LogP contribution in [0.15, 0.2) is 23.8 Å². The topological polar surface area (TPSA) is 12.0 Å². The Labute approximate surface area is 87.3 Å². The van der Waals surface area contributed by atoms with Crippen LogP contribution in [0, 0.1) is 11.3 Å². The molecule has 0 spiro atoms. The third-order valence-corrected chi connectivity index (χ3v) is 3.36. The van der Waals surface area contributed by atoms with Gasteiger partial charge in [0.25, 0.3) is 0 Å². The molecule has 2 rings (SSSR count). The molecule has 0 radical (unpaired) electrons. The maximum Gasteiger partial charge on any atom is 0.00200 e. The van der Waals surface area contributed by atoms with E-state index in [9.17, 15) is 0 Å². The monoisotopic (exact) mass is 191 g/mol. The molecule has 0 aromatic heterocycles. The average molecular weight is 191 g/mol. The second-order valence-electron chi connectivity index (χ2n) is 5.27. The molecule has 1 saturated heterocycles. The Balaban J connectivity index is 1.99. The highest BCUT2D eigenvalue weighted by Gasteiger charge is 2.21. The van der Waals surface area contributed by atoms with Gasteiger partial charge in [0.2, 0.25) is 0 Å². The molecular formula is C13H21N. The van der Waals surface area contributed by atoms with Crippen molar-refractivity contribution < 1.29 is 0 Å². The summed E-state index contributed by atoms with van der Waals surface area (Å²) in [5.41, 5.74) is 1.95. The molecule has 2 aliphatic rings. The average Bonchev–Trinajstić information content (AvgIpc) is 2.19. The fourth-order valence-electron chi connectivity index (χ4n) is 2.28. The highest BCUT2D eigenvalue weighted by molar-refractivity contribution is 5.28. The van der Waals surface area contributed by atoms with Crippen molar-refractivity contribution in [3.05, 3.63) is 23.8 Å². The highest BCUT2D eigenvalue weighted by Crippen LogP contribution is 2.32. The number of allylic oxidation sites excluding steroid dienone is 3. The van der Waals surface area contributed by atoms with Gasteiger partial charge in [-0.15, -0.1) is 0 Å². The lowest BCUT2D eigenvalue weighted by atomic mass is 9.80. The SMILES string of the molecule is CC1(C)C=CC(C2CCCNC2)=CC1. The predicted molar refractivity (Wildman–Crippen MR) is 61.2 cm³/mol. The molecule has 1 nitrogen and oxygen atoms in total. The summed E-state index contributed by atoms with van der Waals surface area (Å²) in [6.07, 6.45) is 11.1. The number of hydrogen-bond acceptors (Lipinski definition) is 1. The van der Waals surface area contributed by atoms with Gasteiger partial charge in [0.1, 0.15) is 0 Å². The van der Waals surface area contributed by atoms with Crippen LogP contribution in [0.3, 0.4) is 0 Å². The summed E-state index contributed by atoms with van der Waals surface area (Å²) >= 11 is 0. The molecule has 1 aliphatic heterocycles. The number of nitrogens with one attached hydrogen (secondary N) is 1. The highest BCUT2D eigenvalue weighted by atomic mass is 14.9. The summed E-state index contributed by atoms with van der Waals surface area (Å²) < 4.78 is 0. The molecule has 0 aromatic carbocycles. The van der Waals surface area contributed by atoms with Gasteiger partial charge in [-0.1, -0.05) is 32.1 Å². The Morgan fingerprint density at radius 2 is 2.29 bits per heavy atom. The molecule has 1 N–H and O–H groups in total. The van der Waals surface area contributed by atoms with Gasteiger partial charge in [-0.25, -0.2) is 0 Å². The molecule has 1 unspecified atom stereocenters. The van der Waals surface area contributed by atoms with Crippen molar-refractivity contribution in [1.82, 2.24) is 5.32 Å². The molecule has 1 atom stereocenters. The minimum absolute atomic E-state index is 0.381. The molecule has 0 amide bonds. The molecule has 0 aromatic rings. The van der Waals surface area contributed by atoms with Crippen LogP contribution in [-0.2, 0) is 0 Å². The van der Waals surface area contributed by atoms with Crippen molar-refractivity contribution in [1.29, 1.82) is 0 Å². The fourth-order valence-corrected chi connectivity index (χ4v) is 2.28. The summed E-state index contributed by atoms with van der Waals surface area (Å²) in [5.74, 6) is 0.774. The molecule has 1 heterocycles. The van der Waals surface area contributed by atoms with Crippen LogP contribution in [0.5, 0.6) is 0 Å². The zero-order valence-corrected chi connectivity index (χ0v) is 9.34. The van der Waals surface area contributed by atoms with E-state index in [1.54, 1.807) is 5.57 Å². The van der Waals surface area contributed by atoms with Crippen LogP contribution in [0.1, 0.15) is 33.1 Å². The summed E-state index contributed by atoms with van der Waals surface area (Å²) in [6, 6.07) is 0. The summed E-state index contributed by atoms with van der Waals surface area (Å²) in [4.78, 5) is 0. The van der Waals surface area contributed by atoms with Gasteiger partial charge in [-0.3, -0.25) is 0 Å². The van der Waals surface area contributed by atoms with Gasteiger partial charge >= 0.3 is 0 Å². The van der Waals surface area contributed by atoms with E-state index in [0.717, 1.165) is 5.92 Å². The van der Waals surface area contributed by atoms with Crippen molar-refractivity contribution in [2.45, 2.75) is 33.1 Å².